The Hall–Kier alpha value is -0.780. The fourth-order valence-electron chi connectivity index (χ4n) is 1.27. The quantitative estimate of drug-likeness (QED) is 0.332. The minimum atomic E-state index is 0.0637. The maximum Gasteiger partial charge on any atom is 0.162 e. The van der Waals surface area contributed by atoms with Gasteiger partial charge in [-0.2, -0.15) is 0 Å². The summed E-state index contributed by atoms with van der Waals surface area (Å²) in [6.45, 7) is 0. The molecule has 0 saturated carbocycles. The first-order valence-electron chi connectivity index (χ1n) is 5.15. The fraction of sp³-hybridized carbons (Fsp3) is 0.417. The normalized spacial score (nSPS) is 11.9. The zero-order valence-electron chi connectivity index (χ0n) is 9.19. The van der Waals surface area contributed by atoms with Crippen LogP contribution in [0.15, 0.2) is 24.3 Å². The van der Waals surface area contributed by atoms with E-state index in [1.807, 2.05) is 24.3 Å². The van der Waals surface area contributed by atoms with Gasteiger partial charge in [0.2, 0.25) is 0 Å². The average Bonchev–Trinajstić information content (AvgIpc) is 2.30. The number of rotatable bonds is 7. The van der Waals surface area contributed by atoms with E-state index < -0.39 is 0 Å². The van der Waals surface area contributed by atoms with E-state index >= 15 is 0 Å². The van der Waals surface area contributed by atoms with Gasteiger partial charge in [0.15, 0.2) is 11.5 Å². The van der Waals surface area contributed by atoms with Crippen molar-refractivity contribution in [3.05, 3.63) is 24.3 Å². The second-order valence-electron chi connectivity index (χ2n) is 3.28. The number of para-hydroxylation sites is 2. The molecule has 0 heterocycles. The first-order chi connectivity index (χ1) is 7.77. The van der Waals surface area contributed by atoms with Gasteiger partial charge in [-0.3, -0.25) is 0 Å². The minimum absolute atomic E-state index is 0.0637. The molecular formula is C12H15IO3. The number of carbonyl (C=O) groups excluding carboxylic acids is 1. The van der Waals surface area contributed by atoms with Gasteiger partial charge in [-0.25, -0.2) is 0 Å². The van der Waals surface area contributed by atoms with Gasteiger partial charge >= 0.3 is 0 Å². The molecule has 1 aromatic rings. The van der Waals surface area contributed by atoms with E-state index in [1.54, 1.807) is 7.11 Å². The highest BCUT2D eigenvalue weighted by atomic mass is 127. The topological polar surface area (TPSA) is 35.5 Å². The maximum absolute atomic E-state index is 10.2. The van der Waals surface area contributed by atoms with E-state index in [2.05, 4.69) is 22.6 Å². The zero-order valence-corrected chi connectivity index (χ0v) is 11.3. The lowest BCUT2D eigenvalue weighted by molar-refractivity contribution is -0.107. The largest absolute Gasteiger partial charge is 0.493 e. The van der Waals surface area contributed by atoms with E-state index in [0.29, 0.717) is 6.42 Å². The molecule has 0 bridgehead atoms. The number of ether oxygens (including phenoxy) is 2. The molecule has 88 valence electrons. The number of aldehydes is 1. The number of alkyl halides is 1. The van der Waals surface area contributed by atoms with Crippen molar-refractivity contribution in [3.8, 4) is 11.5 Å². The lowest BCUT2D eigenvalue weighted by atomic mass is 10.2. The molecule has 1 unspecified atom stereocenters. The predicted octanol–water partition coefficient (Wildman–Crippen LogP) is 3.20. The molecule has 1 aromatic carbocycles. The Morgan fingerprint density at radius 3 is 2.69 bits per heavy atom. The van der Waals surface area contributed by atoms with Crippen LogP contribution in [0.4, 0.5) is 0 Å². The Morgan fingerprint density at radius 2 is 2.06 bits per heavy atom. The SMILES string of the molecule is COc1ccccc1OC(I)CCCC=O. The highest BCUT2D eigenvalue weighted by Gasteiger charge is 2.09. The van der Waals surface area contributed by atoms with E-state index in [-0.39, 0.29) is 4.11 Å². The van der Waals surface area contributed by atoms with Crippen LogP contribution in [0.25, 0.3) is 0 Å². The van der Waals surface area contributed by atoms with Gasteiger partial charge in [-0.1, -0.05) is 12.1 Å². The molecular weight excluding hydrogens is 319 g/mol. The number of hydrogen-bond donors (Lipinski definition) is 0. The third kappa shape index (κ3) is 4.38. The number of hydrogen-bond acceptors (Lipinski definition) is 3. The van der Waals surface area contributed by atoms with E-state index in [4.69, 9.17) is 9.47 Å². The van der Waals surface area contributed by atoms with E-state index in [0.717, 1.165) is 30.6 Å². The average molecular weight is 334 g/mol. The summed E-state index contributed by atoms with van der Waals surface area (Å²) in [7, 11) is 1.62. The summed E-state index contributed by atoms with van der Waals surface area (Å²) in [6.07, 6.45) is 3.24. The number of unbranched alkanes of at least 4 members (excludes halogenated alkanes) is 1. The summed E-state index contributed by atoms with van der Waals surface area (Å²) in [6, 6.07) is 7.56. The molecule has 0 aliphatic heterocycles. The number of benzene rings is 1. The highest BCUT2D eigenvalue weighted by molar-refractivity contribution is 14.1. The van der Waals surface area contributed by atoms with Crippen LogP contribution in [0.3, 0.4) is 0 Å². The van der Waals surface area contributed by atoms with E-state index in [9.17, 15) is 4.79 Å². The molecule has 0 amide bonds. The maximum atomic E-state index is 10.2. The molecule has 0 aromatic heterocycles. The molecule has 0 aliphatic rings. The van der Waals surface area contributed by atoms with Gasteiger partial charge in [0.25, 0.3) is 0 Å². The Bertz CT molecular complexity index is 328. The molecule has 0 radical (unpaired) electrons. The van der Waals surface area contributed by atoms with Crippen LogP contribution < -0.4 is 9.47 Å². The summed E-state index contributed by atoms with van der Waals surface area (Å²) >= 11 is 2.22. The van der Waals surface area contributed by atoms with Crippen molar-refractivity contribution in [2.75, 3.05) is 7.11 Å². The first kappa shape index (κ1) is 13.3. The summed E-state index contributed by atoms with van der Waals surface area (Å²) in [5, 5.41) is 0. The summed E-state index contributed by atoms with van der Waals surface area (Å²) in [4.78, 5) is 10.2. The zero-order chi connectivity index (χ0) is 11.8. The predicted molar refractivity (Wildman–Crippen MR) is 71.3 cm³/mol. The van der Waals surface area contributed by atoms with Crippen LogP contribution in [0.1, 0.15) is 19.3 Å². The highest BCUT2D eigenvalue weighted by Crippen LogP contribution is 2.28. The number of carbonyl (C=O) groups is 1. The second-order valence-corrected chi connectivity index (χ2v) is 4.67. The van der Waals surface area contributed by atoms with Gasteiger partial charge < -0.3 is 14.3 Å². The first-order valence-corrected chi connectivity index (χ1v) is 6.40. The van der Waals surface area contributed by atoms with Crippen LogP contribution in [0.5, 0.6) is 11.5 Å². The van der Waals surface area contributed by atoms with Crippen LogP contribution in [0, 0.1) is 0 Å². The van der Waals surface area contributed by atoms with Crippen LogP contribution >= 0.6 is 22.6 Å². The summed E-state index contributed by atoms with van der Waals surface area (Å²) in [5.74, 6) is 1.48. The van der Waals surface area contributed by atoms with E-state index in [1.165, 1.54) is 0 Å². The van der Waals surface area contributed by atoms with Crippen molar-refractivity contribution in [1.29, 1.82) is 0 Å². The van der Waals surface area contributed by atoms with Crippen LogP contribution in [-0.4, -0.2) is 17.5 Å². The molecule has 0 spiro atoms. The van der Waals surface area contributed by atoms with Crippen molar-refractivity contribution in [2.24, 2.45) is 0 Å². The lowest BCUT2D eigenvalue weighted by Gasteiger charge is -2.14. The number of halogens is 1. The van der Waals surface area contributed by atoms with Crippen molar-refractivity contribution >= 4 is 28.9 Å². The van der Waals surface area contributed by atoms with Gasteiger partial charge in [0, 0.05) is 6.42 Å². The second kappa shape index (κ2) is 7.49. The van der Waals surface area contributed by atoms with Crippen molar-refractivity contribution in [3.63, 3.8) is 0 Å². The summed E-state index contributed by atoms with van der Waals surface area (Å²) < 4.78 is 11.0. The van der Waals surface area contributed by atoms with Crippen molar-refractivity contribution in [1.82, 2.24) is 0 Å². The van der Waals surface area contributed by atoms with Crippen LogP contribution in [0.2, 0.25) is 0 Å². The Balaban J connectivity index is 2.48. The van der Waals surface area contributed by atoms with Gasteiger partial charge in [-0.15, -0.1) is 0 Å². The number of methoxy groups -OCH3 is 1. The molecule has 4 heteroatoms. The molecule has 0 aliphatic carbocycles. The third-order valence-electron chi connectivity index (χ3n) is 2.08. The van der Waals surface area contributed by atoms with Crippen molar-refractivity contribution in [2.45, 2.75) is 23.4 Å². The Kier molecular flexibility index (Phi) is 6.22. The third-order valence-corrected chi connectivity index (χ3v) is 2.95. The molecule has 0 fully saturated rings. The molecule has 0 N–H and O–H groups in total. The minimum Gasteiger partial charge on any atom is -0.493 e. The molecule has 1 atom stereocenters. The van der Waals surface area contributed by atoms with Gasteiger partial charge in [-0.05, 0) is 47.6 Å². The monoisotopic (exact) mass is 334 g/mol. The molecule has 1 rings (SSSR count). The Labute approximate surface area is 109 Å². The lowest BCUT2D eigenvalue weighted by Crippen LogP contribution is -2.08. The molecule has 3 nitrogen and oxygen atoms in total. The molecule has 0 saturated heterocycles. The Morgan fingerprint density at radius 1 is 1.38 bits per heavy atom. The molecule has 16 heavy (non-hydrogen) atoms. The van der Waals surface area contributed by atoms with Gasteiger partial charge in [0.05, 0.1) is 7.11 Å². The fourth-order valence-corrected chi connectivity index (χ4v) is 1.99. The van der Waals surface area contributed by atoms with Crippen molar-refractivity contribution < 1.29 is 14.3 Å². The smallest absolute Gasteiger partial charge is 0.162 e. The van der Waals surface area contributed by atoms with Gasteiger partial charge in [0.1, 0.15) is 10.4 Å². The van der Waals surface area contributed by atoms with Crippen LogP contribution in [-0.2, 0) is 4.79 Å². The summed E-state index contributed by atoms with van der Waals surface area (Å²) in [5.41, 5.74) is 0. The standard InChI is InChI=1S/C12H15IO3/c1-15-10-6-2-3-7-11(10)16-12(13)8-4-5-9-14/h2-3,6-7,9,12H,4-5,8H2,1H3.